The van der Waals surface area contributed by atoms with Gasteiger partial charge in [-0.05, 0) is 48.1 Å². The Morgan fingerprint density at radius 3 is 2.58 bits per heavy atom. The highest BCUT2D eigenvalue weighted by Gasteiger charge is 2.61. The maximum atomic E-state index is 13.0. The van der Waals surface area contributed by atoms with Crippen LogP contribution >= 0.6 is 0 Å². The molecule has 4 rings (SSSR count). The molecule has 5 nitrogen and oxygen atoms in total. The van der Waals surface area contributed by atoms with Gasteiger partial charge >= 0.3 is 0 Å². The number of aromatic nitrogens is 3. The molecule has 24 heavy (non-hydrogen) atoms. The van der Waals surface area contributed by atoms with Gasteiger partial charge in [-0.25, -0.2) is 0 Å². The van der Waals surface area contributed by atoms with E-state index in [0.717, 1.165) is 12.2 Å². The van der Waals surface area contributed by atoms with Crippen LogP contribution in [0.1, 0.15) is 50.4 Å². The Hall–Kier alpha value is -2.04. The zero-order valence-corrected chi connectivity index (χ0v) is 14.9. The fourth-order valence-corrected chi connectivity index (χ4v) is 5.03. The molecule has 0 spiro atoms. The van der Waals surface area contributed by atoms with Gasteiger partial charge in [0.05, 0.1) is 6.20 Å². The van der Waals surface area contributed by atoms with E-state index >= 15 is 0 Å². The van der Waals surface area contributed by atoms with Crippen molar-refractivity contribution in [3.63, 3.8) is 0 Å². The molecule has 2 saturated carbocycles. The molecule has 1 N–H and O–H groups in total. The summed E-state index contributed by atoms with van der Waals surface area (Å²) < 4.78 is 3.69. The van der Waals surface area contributed by atoms with Crippen LogP contribution in [-0.4, -0.2) is 26.3 Å². The van der Waals surface area contributed by atoms with Crippen molar-refractivity contribution in [2.45, 2.75) is 46.1 Å². The Kier molecular flexibility index (Phi) is 3.21. The number of carbonyl (C=O) groups excluding carboxylic acids is 1. The van der Waals surface area contributed by atoms with Crippen molar-refractivity contribution in [1.29, 1.82) is 0 Å². The number of nitrogens with one attached hydrogen (secondary N) is 1. The Balaban J connectivity index is 1.61. The van der Waals surface area contributed by atoms with E-state index in [-0.39, 0.29) is 17.4 Å². The minimum absolute atomic E-state index is 0.0126. The normalized spacial score (nSPS) is 30.7. The first-order valence-corrected chi connectivity index (χ1v) is 8.81. The number of hydrogen-bond acceptors (Lipinski definition) is 2. The summed E-state index contributed by atoms with van der Waals surface area (Å²) in [6, 6.07) is 4.15. The summed E-state index contributed by atoms with van der Waals surface area (Å²) in [5.41, 5.74) is 1.12. The molecule has 0 saturated heterocycles. The van der Waals surface area contributed by atoms with E-state index in [2.05, 4.69) is 31.2 Å². The highest BCUT2D eigenvalue weighted by atomic mass is 16.1. The van der Waals surface area contributed by atoms with Crippen LogP contribution in [0.5, 0.6) is 0 Å². The van der Waals surface area contributed by atoms with Crippen molar-refractivity contribution < 1.29 is 4.79 Å². The van der Waals surface area contributed by atoms with Gasteiger partial charge in [0, 0.05) is 25.5 Å². The summed E-state index contributed by atoms with van der Waals surface area (Å²) in [4.78, 5) is 13.0. The zero-order chi connectivity index (χ0) is 17.1. The third kappa shape index (κ3) is 1.93. The van der Waals surface area contributed by atoms with E-state index in [9.17, 15) is 4.79 Å². The molecule has 128 valence electrons. The summed E-state index contributed by atoms with van der Waals surface area (Å²) in [6.45, 7) is 7.08. The third-order valence-electron chi connectivity index (χ3n) is 7.10. The first-order valence-electron chi connectivity index (χ1n) is 8.81. The summed E-state index contributed by atoms with van der Waals surface area (Å²) in [6.07, 6.45) is 9.13. The van der Waals surface area contributed by atoms with E-state index < -0.39 is 0 Å². The lowest BCUT2D eigenvalue weighted by molar-refractivity contribution is 0.0826. The molecular weight excluding hydrogens is 300 g/mol. The summed E-state index contributed by atoms with van der Waals surface area (Å²) >= 11 is 0. The van der Waals surface area contributed by atoms with Crippen molar-refractivity contribution in [3.05, 3.63) is 36.3 Å². The lowest BCUT2D eigenvalue weighted by Crippen LogP contribution is -2.47. The minimum Gasteiger partial charge on any atom is -0.349 e. The molecule has 2 heterocycles. The standard InChI is InChI=1S/C19H26N4O/c1-18(2)13-7-8-19(18,3)15(11-13)21-16(24)14-12-20-22(4)17(14)23-9-5-6-10-23/h5-6,9-10,12-13,15H,7-8,11H2,1-4H3,(H,21,24)/t13-,15+,19+/m1/s1. The predicted molar refractivity (Wildman–Crippen MR) is 93.0 cm³/mol. The average Bonchev–Trinajstić information content (AvgIpc) is 3.24. The van der Waals surface area contributed by atoms with E-state index in [1.54, 1.807) is 10.9 Å². The molecule has 0 radical (unpaired) electrons. The number of aryl methyl sites for hydroxylation is 1. The SMILES string of the molecule is Cn1ncc(C(=O)N[C@H]2C[C@H]3CC[C@]2(C)C3(C)C)c1-n1cccc1. The van der Waals surface area contributed by atoms with Crippen LogP contribution in [0.3, 0.4) is 0 Å². The van der Waals surface area contributed by atoms with Gasteiger partial charge in [0.15, 0.2) is 0 Å². The van der Waals surface area contributed by atoms with Gasteiger partial charge in [-0.15, -0.1) is 0 Å². The number of rotatable bonds is 3. The molecular formula is C19H26N4O. The van der Waals surface area contributed by atoms with Crippen LogP contribution in [0, 0.1) is 16.7 Å². The number of hydrogen-bond donors (Lipinski definition) is 1. The quantitative estimate of drug-likeness (QED) is 0.942. The van der Waals surface area contributed by atoms with Gasteiger partial charge in [0.25, 0.3) is 5.91 Å². The summed E-state index contributed by atoms with van der Waals surface area (Å²) in [5, 5.41) is 7.63. The van der Waals surface area contributed by atoms with Crippen LogP contribution in [-0.2, 0) is 7.05 Å². The molecule has 1 amide bonds. The zero-order valence-electron chi connectivity index (χ0n) is 14.9. The van der Waals surface area contributed by atoms with Gasteiger partial charge in [0.1, 0.15) is 11.4 Å². The van der Waals surface area contributed by atoms with Gasteiger partial charge in [-0.3, -0.25) is 9.48 Å². The maximum absolute atomic E-state index is 13.0. The molecule has 5 heteroatoms. The largest absolute Gasteiger partial charge is 0.349 e. The number of nitrogens with zero attached hydrogens (tertiary/aromatic N) is 3. The molecule has 0 aromatic carbocycles. The number of carbonyl (C=O) groups is 1. The van der Waals surface area contributed by atoms with Crippen molar-refractivity contribution in [2.75, 3.05) is 0 Å². The van der Waals surface area contributed by atoms with Crippen molar-refractivity contribution in [2.24, 2.45) is 23.8 Å². The molecule has 0 unspecified atom stereocenters. The van der Waals surface area contributed by atoms with E-state index in [0.29, 0.717) is 16.9 Å². The Morgan fingerprint density at radius 1 is 1.29 bits per heavy atom. The average molecular weight is 326 g/mol. The molecule has 2 aromatic rings. The molecule has 0 aliphatic heterocycles. The second kappa shape index (κ2) is 4.98. The molecule has 2 bridgehead atoms. The first kappa shape index (κ1) is 15.5. The van der Waals surface area contributed by atoms with Crippen LogP contribution in [0.2, 0.25) is 0 Å². The topological polar surface area (TPSA) is 51.9 Å². The number of fused-ring (bicyclic) bond motifs is 2. The monoisotopic (exact) mass is 326 g/mol. The Morgan fingerprint density at radius 2 is 2.00 bits per heavy atom. The van der Waals surface area contributed by atoms with E-state index in [4.69, 9.17) is 0 Å². The molecule has 3 atom stereocenters. The highest BCUT2D eigenvalue weighted by Crippen LogP contribution is 2.65. The van der Waals surface area contributed by atoms with Crippen LogP contribution in [0.25, 0.3) is 5.82 Å². The predicted octanol–water partition coefficient (Wildman–Crippen LogP) is 3.16. The van der Waals surface area contributed by atoms with Gasteiger partial charge < -0.3 is 9.88 Å². The lowest BCUT2D eigenvalue weighted by atomic mass is 9.69. The van der Waals surface area contributed by atoms with Crippen LogP contribution in [0.15, 0.2) is 30.7 Å². The fourth-order valence-electron chi connectivity index (χ4n) is 5.03. The smallest absolute Gasteiger partial charge is 0.256 e. The van der Waals surface area contributed by atoms with Crippen molar-refractivity contribution in [1.82, 2.24) is 19.7 Å². The fraction of sp³-hybridized carbons (Fsp3) is 0.579. The minimum atomic E-state index is -0.0126. The first-order chi connectivity index (χ1) is 11.3. The van der Waals surface area contributed by atoms with Crippen molar-refractivity contribution >= 4 is 5.91 Å². The third-order valence-corrected chi connectivity index (χ3v) is 7.10. The van der Waals surface area contributed by atoms with Crippen LogP contribution in [0.4, 0.5) is 0 Å². The number of amides is 1. The van der Waals surface area contributed by atoms with E-state index in [1.807, 2.05) is 36.1 Å². The highest BCUT2D eigenvalue weighted by molar-refractivity contribution is 5.97. The summed E-state index contributed by atoms with van der Waals surface area (Å²) in [5.74, 6) is 1.51. The van der Waals surface area contributed by atoms with E-state index in [1.165, 1.54) is 12.8 Å². The van der Waals surface area contributed by atoms with Gasteiger partial charge in [-0.1, -0.05) is 20.8 Å². The van der Waals surface area contributed by atoms with Crippen LogP contribution < -0.4 is 5.32 Å². The molecule has 2 aromatic heterocycles. The van der Waals surface area contributed by atoms with Crippen molar-refractivity contribution in [3.8, 4) is 5.82 Å². The molecule has 2 aliphatic carbocycles. The summed E-state index contributed by atoms with van der Waals surface area (Å²) in [7, 11) is 1.87. The Bertz CT molecular complexity index is 773. The molecule has 2 fully saturated rings. The van der Waals surface area contributed by atoms with Gasteiger partial charge in [0.2, 0.25) is 0 Å². The Labute approximate surface area is 143 Å². The second-order valence-corrected chi connectivity index (χ2v) is 8.23. The second-order valence-electron chi connectivity index (χ2n) is 8.23. The lowest BCUT2D eigenvalue weighted by Gasteiger charge is -2.39. The maximum Gasteiger partial charge on any atom is 0.256 e. The molecule has 2 aliphatic rings. The van der Waals surface area contributed by atoms with Gasteiger partial charge in [-0.2, -0.15) is 5.10 Å².